The Hall–Kier alpha value is -6.39. The molecule has 0 fully saturated rings. The molecule has 3 aromatic heterocycles. The Labute approximate surface area is 289 Å². The molecule has 0 radical (unpaired) electrons. The van der Waals surface area contributed by atoms with Crippen LogP contribution in [0.2, 0.25) is 0 Å². The van der Waals surface area contributed by atoms with Crippen molar-refractivity contribution in [3.05, 3.63) is 163 Å². The maximum atomic E-state index is 5.99. The Morgan fingerprint density at radius 2 is 1.04 bits per heavy atom. The molecule has 3 heterocycles. The summed E-state index contributed by atoms with van der Waals surface area (Å²) in [6.45, 7) is 4.66. The second-order valence-corrected chi connectivity index (χ2v) is 13.7. The van der Waals surface area contributed by atoms with Crippen molar-refractivity contribution < 1.29 is 4.42 Å². The van der Waals surface area contributed by atoms with Gasteiger partial charge >= 0.3 is 0 Å². The lowest BCUT2D eigenvalue weighted by Gasteiger charge is -2.22. The molecule has 10 rings (SSSR count). The van der Waals surface area contributed by atoms with Gasteiger partial charge in [0, 0.05) is 32.9 Å². The van der Waals surface area contributed by atoms with Gasteiger partial charge in [0.05, 0.1) is 22.4 Å². The zero-order valence-corrected chi connectivity index (χ0v) is 27.7. The maximum absolute atomic E-state index is 5.99. The average Bonchev–Trinajstić information content (AvgIpc) is 3.71. The third-order valence-electron chi connectivity index (χ3n) is 10.3. The number of nitrogens with zero attached hydrogens (tertiary/aromatic N) is 3. The van der Waals surface area contributed by atoms with Crippen LogP contribution in [0.25, 0.3) is 89.1 Å². The Balaban J connectivity index is 1.01. The van der Waals surface area contributed by atoms with Crippen LogP contribution in [0, 0.1) is 0 Å². The normalized spacial score (nSPS) is 13.2. The highest BCUT2D eigenvalue weighted by molar-refractivity contribution is 6.04. The van der Waals surface area contributed by atoms with Gasteiger partial charge < -0.3 is 4.42 Å². The number of hydrogen-bond acceptors (Lipinski definition) is 4. The molecular weight excluding hydrogens is 611 g/mol. The van der Waals surface area contributed by atoms with Gasteiger partial charge in [0.25, 0.3) is 0 Å². The number of aromatic nitrogens is 3. The van der Waals surface area contributed by atoms with Crippen LogP contribution in [0.5, 0.6) is 0 Å². The predicted molar refractivity (Wildman–Crippen MR) is 204 cm³/mol. The first-order valence-corrected chi connectivity index (χ1v) is 17.0. The molecule has 0 unspecified atom stereocenters. The molecule has 4 heteroatoms. The van der Waals surface area contributed by atoms with Crippen molar-refractivity contribution in [2.45, 2.75) is 19.3 Å². The molecule has 236 valence electrons. The van der Waals surface area contributed by atoms with E-state index < -0.39 is 0 Å². The SMILES string of the molecule is CC1(C)c2ccccc2-c2ccc(-c3cccc(-c4ccc5ccc6ccc(-c7ccc(-c8nc9ccccc9o8)cc7)nc6c5n4)c3)cc21. The number of fused-ring (bicyclic) bond motifs is 7. The van der Waals surface area contributed by atoms with Gasteiger partial charge in [-0.2, -0.15) is 0 Å². The average molecular weight is 642 g/mol. The quantitative estimate of drug-likeness (QED) is 0.179. The molecule has 0 bridgehead atoms. The van der Waals surface area contributed by atoms with E-state index in [0.29, 0.717) is 5.89 Å². The summed E-state index contributed by atoms with van der Waals surface area (Å²) in [5, 5.41) is 2.12. The zero-order chi connectivity index (χ0) is 33.4. The van der Waals surface area contributed by atoms with Crippen LogP contribution in [0.4, 0.5) is 0 Å². The number of oxazole rings is 1. The summed E-state index contributed by atoms with van der Waals surface area (Å²) in [4.78, 5) is 15.1. The standard InChI is InChI=1S/C46H31N3O/c1-46(2)37-11-4-3-10-35(37)36-23-20-33(27-38(36)46)32-8-7-9-34(26-32)40-25-22-30-17-16-29-21-24-39(47-43(29)44(30)48-40)28-14-18-31(19-15-28)45-49-41-12-5-6-13-42(41)50-45/h3-27H,1-2H3. The third-order valence-corrected chi connectivity index (χ3v) is 10.3. The highest BCUT2D eigenvalue weighted by Gasteiger charge is 2.35. The molecule has 0 spiro atoms. The van der Waals surface area contributed by atoms with Crippen molar-refractivity contribution in [2.24, 2.45) is 0 Å². The Kier molecular flexibility index (Phi) is 6.19. The van der Waals surface area contributed by atoms with Crippen LogP contribution >= 0.6 is 0 Å². The predicted octanol–water partition coefficient (Wildman–Crippen LogP) is 11.9. The van der Waals surface area contributed by atoms with Gasteiger partial charge in [0.1, 0.15) is 5.52 Å². The smallest absolute Gasteiger partial charge is 0.227 e. The van der Waals surface area contributed by atoms with Crippen molar-refractivity contribution >= 4 is 32.9 Å². The number of para-hydroxylation sites is 2. The number of pyridine rings is 2. The van der Waals surface area contributed by atoms with Gasteiger partial charge in [-0.25, -0.2) is 15.0 Å². The lowest BCUT2D eigenvalue weighted by atomic mass is 9.81. The van der Waals surface area contributed by atoms with E-state index in [1.165, 1.54) is 33.4 Å². The van der Waals surface area contributed by atoms with Crippen molar-refractivity contribution in [3.8, 4) is 56.2 Å². The Morgan fingerprint density at radius 1 is 0.440 bits per heavy atom. The van der Waals surface area contributed by atoms with Crippen LogP contribution in [-0.2, 0) is 5.41 Å². The van der Waals surface area contributed by atoms with Gasteiger partial charge in [-0.1, -0.05) is 117 Å². The van der Waals surface area contributed by atoms with Crippen LogP contribution in [0.15, 0.2) is 156 Å². The number of hydrogen-bond donors (Lipinski definition) is 0. The summed E-state index contributed by atoms with van der Waals surface area (Å²) >= 11 is 0. The molecule has 1 aliphatic rings. The molecule has 6 aromatic carbocycles. The molecule has 0 saturated heterocycles. The molecule has 1 aliphatic carbocycles. The van der Waals surface area contributed by atoms with Crippen LogP contribution < -0.4 is 0 Å². The lowest BCUT2D eigenvalue weighted by molar-refractivity contribution is 0.620. The largest absolute Gasteiger partial charge is 0.436 e. The van der Waals surface area contributed by atoms with E-state index in [1.807, 2.05) is 36.4 Å². The monoisotopic (exact) mass is 641 g/mol. The maximum Gasteiger partial charge on any atom is 0.227 e. The highest BCUT2D eigenvalue weighted by Crippen LogP contribution is 2.49. The summed E-state index contributed by atoms with van der Waals surface area (Å²) in [7, 11) is 0. The van der Waals surface area contributed by atoms with E-state index in [1.54, 1.807) is 0 Å². The summed E-state index contributed by atoms with van der Waals surface area (Å²) in [6.07, 6.45) is 0. The molecule has 0 aliphatic heterocycles. The molecule has 50 heavy (non-hydrogen) atoms. The summed E-state index contributed by atoms with van der Waals surface area (Å²) in [6, 6.07) is 53.2. The molecule has 0 atom stereocenters. The fraction of sp³-hybridized carbons (Fsp3) is 0.0652. The van der Waals surface area contributed by atoms with Crippen LogP contribution in [0.3, 0.4) is 0 Å². The first-order chi connectivity index (χ1) is 24.5. The first-order valence-electron chi connectivity index (χ1n) is 17.0. The minimum absolute atomic E-state index is 0.0415. The van der Waals surface area contributed by atoms with E-state index in [9.17, 15) is 0 Å². The fourth-order valence-electron chi connectivity index (χ4n) is 7.61. The van der Waals surface area contributed by atoms with E-state index >= 15 is 0 Å². The third kappa shape index (κ3) is 4.49. The van der Waals surface area contributed by atoms with Crippen molar-refractivity contribution in [3.63, 3.8) is 0 Å². The second kappa shape index (κ2) is 10.8. The number of benzene rings is 6. The molecule has 9 aromatic rings. The van der Waals surface area contributed by atoms with Crippen molar-refractivity contribution in [1.29, 1.82) is 0 Å². The minimum atomic E-state index is -0.0415. The Bertz CT molecular complexity index is 2760. The Morgan fingerprint density at radius 3 is 1.82 bits per heavy atom. The molecule has 0 N–H and O–H groups in total. The lowest BCUT2D eigenvalue weighted by Crippen LogP contribution is -2.14. The molecule has 0 amide bonds. The number of rotatable bonds is 4. The van der Waals surface area contributed by atoms with Gasteiger partial charge in [-0.05, 0) is 81.9 Å². The first kappa shape index (κ1) is 28.6. The summed E-state index contributed by atoms with van der Waals surface area (Å²) in [5.74, 6) is 0.613. The zero-order valence-electron chi connectivity index (χ0n) is 27.7. The van der Waals surface area contributed by atoms with Gasteiger partial charge in [-0.3, -0.25) is 0 Å². The second-order valence-electron chi connectivity index (χ2n) is 13.7. The van der Waals surface area contributed by atoms with Gasteiger partial charge in [0.15, 0.2) is 5.58 Å². The topological polar surface area (TPSA) is 51.8 Å². The van der Waals surface area contributed by atoms with E-state index in [-0.39, 0.29) is 5.41 Å². The van der Waals surface area contributed by atoms with Crippen LogP contribution in [-0.4, -0.2) is 15.0 Å². The summed E-state index contributed by atoms with van der Waals surface area (Å²) in [5.41, 5.74) is 16.1. The van der Waals surface area contributed by atoms with Crippen molar-refractivity contribution in [2.75, 3.05) is 0 Å². The van der Waals surface area contributed by atoms with Gasteiger partial charge in [-0.15, -0.1) is 0 Å². The van der Waals surface area contributed by atoms with Gasteiger partial charge in [0.2, 0.25) is 5.89 Å². The van der Waals surface area contributed by atoms with E-state index in [0.717, 1.165) is 61.0 Å². The van der Waals surface area contributed by atoms with Crippen molar-refractivity contribution in [1.82, 2.24) is 15.0 Å². The molecule has 0 saturated carbocycles. The molecular formula is C46H31N3O. The highest BCUT2D eigenvalue weighted by atomic mass is 16.3. The fourth-order valence-corrected chi connectivity index (χ4v) is 7.61. The molecule has 4 nitrogen and oxygen atoms in total. The van der Waals surface area contributed by atoms with Crippen LogP contribution in [0.1, 0.15) is 25.0 Å². The minimum Gasteiger partial charge on any atom is -0.436 e. The summed E-state index contributed by atoms with van der Waals surface area (Å²) < 4.78 is 5.99. The van der Waals surface area contributed by atoms with E-state index in [2.05, 4.69) is 134 Å². The van der Waals surface area contributed by atoms with E-state index in [4.69, 9.17) is 14.4 Å².